The first kappa shape index (κ1) is 10.6. The van der Waals surface area contributed by atoms with Crippen LogP contribution >= 0.6 is 23.2 Å². The summed E-state index contributed by atoms with van der Waals surface area (Å²) in [6, 6.07) is 1.95. The summed E-state index contributed by atoms with van der Waals surface area (Å²) in [6.45, 7) is 0. The summed E-state index contributed by atoms with van der Waals surface area (Å²) in [5, 5.41) is -0.209. The van der Waals surface area contributed by atoms with E-state index in [2.05, 4.69) is 0 Å². The van der Waals surface area contributed by atoms with Crippen molar-refractivity contribution in [2.75, 3.05) is 5.73 Å². The summed E-state index contributed by atoms with van der Waals surface area (Å²) >= 11 is 10.9. The Morgan fingerprint density at radius 1 is 1.23 bits per heavy atom. The number of anilines is 1. The molecule has 0 unspecified atom stereocenters. The van der Waals surface area contributed by atoms with Crippen molar-refractivity contribution in [2.45, 2.75) is 4.90 Å². The number of nitrogen functional groups attached to an aromatic ring is 1. The molecule has 1 aromatic carbocycles. The summed E-state index contributed by atoms with van der Waals surface area (Å²) in [5.74, 6) is 0. The Bertz CT molecular complexity index is 446. The SMILES string of the molecule is Nc1cc(S(=O)(=O)F)c(Cl)cc1Cl. The van der Waals surface area contributed by atoms with Crippen LogP contribution in [0, 0.1) is 0 Å². The van der Waals surface area contributed by atoms with Gasteiger partial charge in [-0.1, -0.05) is 23.2 Å². The van der Waals surface area contributed by atoms with E-state index in [0.29, 0.717) is 0 Å². The summed E-state index contributed by atoms with van der Waals surface area (Å²) in [7, 11) is -4.84. The first-order valence-electron chi connectivity index (χ1n) is 3.01. The lowest BCUT2D eigenvalue weighted by Crippen LogP contribution is -1.96. The number of hydrogen-bond acceptors (Lipinski definition) is 3. The number of hydrogen-bond donors (Lipinski definition) is 1. The molecule has 1 aromatic rings. The predicted octanol–water partition coefficient (Wildman–Crippen LogP) is 2.23. The van der Waals surface area contributed by atoms with Crippen LogP contribution in [0.1, 0.15) is 0 Å². The first-order chi connectivity index (χ1) is 5.82. The van der Waals surface area contributed by atoms with E-state index in [1.54, 1.807) is 0 Å². The molecule has 3 nitrogen and oxygen atoms in total. The molecule has 0 radical (unpaired) electrons. The number of halogens is 3. The van der Waals surface area contributed by atoms with Crippen molar-refractivity contribution in [1.82, 2.24) is 0 Å². The van der Waals surface area contributed by atoms with Gasteiger partial charge in [0.05, 0.1) is 15.7 Å². The van der Waals surface area contributed by atoms with Gasteiger partial charge < -0.3 is 5.73 Å². The molecule has 0 saturated carbocycles. The molecule has 72 valence electrons. The summed E-state index contributed by atoms with van der Waals surface area (Å²) in [6.07, 6.45) is 0. The lowest BCUT2D eigenvalue weighted by molar-refractivity contribution is 0.552. The van der Waals surface area contributed by atoms with Crippen molar-refractivity contribution in [3.8, 4) is 0 Å². The fourth-order valence-electron chi connectivity index (χ4n) is 0.732. The predicted molar refractivity (Wildman–Crippen MR) is 49.2 cm³/mol. The van der Waals surface area contributed by atoms with E-state index in [4.69, 9.17) is 28.9 Å². The normalized spacial score (nSPS) is 11.6. The molecule has 0 fully saturated rings. The van der Waals surface area contributed by atoms with Crippen LogP contribution in [0.25, 0.3) is 0 Å². The molecule has 0 aliphatic rings. The quantitative estimate of drug-likeness (QED) is 0.608. The lowest BCUT2D eigenvalue weighted by Gasteiger charge is -2.02. The molecule has 0 amide bonds. The number of rotatable bonds is 1. The summed E-state index contributed by atoms with van der Waals surface area (Å²) < 4.78 is 33.4. The number of benzene rings is 1. The largest absolute Gasteiger partial charge is 0.397 e. The van der Waals surface area contributed by atoms with Crippen molar-refractivity contribution in [3.05, 3.63) is 22.2 Å². The van der Waals surface area contributed by atoms with Crippen molar-refractivity contribution in [3.63, 3.8) is 0 Å². The third kappa shape index (κ3) is 2.24. The zero-order chi connectivity index (χ0) is 10.2. The fourth-order valence-corrected chi connectivity index (χ4v) is 1.95. The van der Waals surface area contributed by atoms with Gasteiger partial charge in [0.1, 0.15) is 4.90 Å². The van der Waals surface area contributed by atoms with Crippen molar-refractivity contribution >= 4 is 39.1 Å². The second-order valence-electron chi connectivity index (χ2n) is 2.24. The second-order valence-corrected chi connectivity index (χ2v) is 4.37. The van der Waals surface area contributed by atoms with Gasteiger partial charge in [-0.3, -0.25) is 0 Å². The monoisotopic (exact) mass is 243 g/mol. The van der Waals surface area contributed by atoms with Gasteiger partial charge >= 0.3 is 10.2 Å². The Morgan fingerprint density at radius 2 is 1.77 bits per heavy atom. The van der Waals surface area contributed by atoms with Gasteiger partial charge in [-0.15, -0.1) is 3.89 Å². The Balaban J connectivity index is 3.50. The van der Waals surface area contributed by atoms with Crippen LogP contribution in [0.4, 0.5) is 9.57 Å². The zero-order valence-electron chi connectivity index (χ0n) is 6.09. The minimum absolute atomic E-state index is 0.0395. The van der Waals surface area contributed by atoms with Crippen LogP contribution in [0.3, 0.4) is 0 Å². The summed E-state index contributed by atoms with van der Waals surface area (Å²) in [4.78, 5) is -0.670. The minimum Gasteiger partial charge on any atom is -0.397 e. The molecule has 0 aliphatic carbocycles. The molecule has 7 heteroatoms. The van der Waals surface area contributed by atoms with Gasteiger partial charge in [0.25, 0.3) is 0 Å². The maximum atomic E-state index is 12.5. The van der Waals surface area contributed by atoms with Gasteiger partial charge in [-0.25, -0.2) is 0 Å². The van der Waals surface area contributed by atoms with Gasteiger partial charge in [-0.05, 0) is 12.1 Å². The van der Waals surface area contributed by atoms with E-state index in [1.165, 1.54) is 0 Å². The van der Waals surface area contributed by atoms with E-state index < -0.39 is 15.1 Å². The van der Waals surface area contributed by atoms with Gasteiger partial charge in [-0.2, -0.15) is 8.42 Å². The van der Waals surface area contributed by atoms with Crippen LogP contribution in [0.2, 0.25) is 10.0 Å². The van der Waals surface area contributed by atoms with Gasteiger partial charge in [0.15, 0.2) is 0 Å². The standard InChI is InChI=1S/C6H4Cl2FNO2S/c7-3-1-4(8)6(2-5(3)10)13(9,11)12/h1-2H,10H2. The molecule has 0 spiro atoms. The third-order valence-corrected chi connectivity index (χ3v) is 2.93. The van der Waals surface area contributed by atoms with Crippen LogP contribution in [0.15, 0.2) is 17.0 Å². The highest BCUT2D eigenvalue weighted by atomic mass is 35.5. The molecule has 0 saturated heterocycles. The van der Waals surface area contributed by atoms with E-state index >= 15 is 0 Å². The van der Waals surface area contributed by atoms with Crippen LogP contribution in [-0.2, 0) is 10.2 Å². The molecular weight excluding hydrogens is 240 g/mol. The Hall–Kier alpha value is -0.520. The van der Waals surface area contributed by atoms with E-state index in [0.717, 1.165) is 12.1 Å². The number of nitrogens with two attached hydrogens (primary N) is 1. The highest BCUT2D eigenvalue weighted by molar-refractivity contribution is 7.86. The van der Waals surface area contributed by atoms with Crippen LogP contribution < -0.4 is 5.73 Å². The van der Waals surface area contributed by atoms with Crippen LogP contribution in [-0.4, -0.2) is 8.42 Å². The minimum atomic E-state index is -4.84. The Kier molecular flexibility index (Phi) is 2.70. The second kappa shape index (κ2) is 3.32. The molecule has 1 rings (SSSR count). The average molecular weight is 244 g/mol. The Labute approximate surface area is 84.5 Å². The summed E-state index contributed by atoms with van der Waals surface area (Å²) in [5.41, 5.74) is 5.22. The maximum absolute atomic E-state index is 12.5. The lowest BCUT2D eigenvalue weighted by atomic mass is 10.3. The average Bonchev–Trinajstić information content (AvgIpc) is 1.94. The van der Waals surface area contributed by atoms with Crippen LogP contribution in [0.5, 0.6) is 0 Å². The highest BCUT2D eigenvalue weighted by Crippen LogP contribution is 2.30. The van der Waals surface area contributed by atoms with E-state index in [9.17, 15) is 12.3 Å². The zero-order valence-corrected chi connectivity index (χ0v) is 8.42. The van der Waals surface area contributed by atoms with Gasteiger partial charge in [0, 0.05) is 0 Å². The van der Waals surface area contributed by atoms with Crippen molar-refractivity contribution in [2.24, 2.45) is 0 Å². The topological polar surface area (TPSA) is 60.2 Å². The Morgan fingerprint density at radius 3 is 2.23 bits per heavy atom. The maximum Gasteiger partial charge on any atom is 0.333 e. The fraction of sp³-hybridized carbons (Fsp3) is 0. The molecule has 13 heavy (non-hydrogen) atoms. The molecular formula is C6H4Cl2FNO2S. The van der Waals surface area contributed by atoms with E-state index in [1.807, 2.05) is 0 Å². The molecule has 2 N–H and O–H groups in total. The molecule has 0 bridgehead atoms. The molecule has 0 aromatic heterocycles. The smallest absolute Gasteiger partial charge is 0.333 e. The molecule has 0 aliphatic heterocycles. The first-order valence-corrected chi connectivity index (χ1v) is 5.15. The van der Waals surface area contributed by atoms with Crippen molar-refractivity contribution < 1.29 is 12.3 Å². The van der Waals surface area contributed by atoms with Gasteiger partial charge in [0.2, 0.25) is 0 Å². The van der Waals surface area contributed by atoms with E-state index in [-0.39, 0.29) is 15.7 Å². The third-order valence-electron chi connectivity index (χ3n) is 1.31. The molecule has 0 atom stereocenters. The molecule has 0 heterocycles. The highest BCUT2D eigenvalue weighted by Gasteiger charge is 2.18. The van der Waals surface area contributed by atoms with Crippen molar-refractivity contribution in [1.29, 1.82) is 0 Å².